The largest absolute Gasteiger partial charge is 0.387 e. The van der Waals surface area contributed by atoms with Gasteiger partial charge in [0, 0.05) is 5.92 Å². The van der Waals surface area contributed by atoms with Gasteiger partial charge in [0.05, 0.1) is 5.84 Å². The van der Waals surface area contributed by atoms with Crippen molar-refractivity contribution in [2.75, 3.05) is 19.6 Å². The summed E-state index contributed by atoms with van der Waals surface area (Å²) in [5, 5.41) is 7.45. The van der Waals surface area contributed by atoms with Gasteiger partial charge in [0.2, 0.25) is 0 Å². The van der Waals surface area contributed by atoms with E-state index in [1.54, 1.807) is 0 Å². The molecule has 0 amide bonds. The van der Waals surface area contributed by atoms with Gasteiger partial charge in [0.25, 0.3) is 0 Å². The van der Waals surface area contributed by atoms with Gasteiger partial charge in [-0.3, -0.25) is 5.41 Å². The van der Waals surface area contributed by atoms with Crippen LogP contribution in [0.4, 0.5) is 0 Å². The number of piperidine rings is 1. The molecular formula is C14H29N3. The van der Waals surface area contributed by atoms with Gasteiger partial charge in [-0.2, -0.15) is 0 Å². The van der Waals surface area contributed by atoms with Crippen molar-refractivity contribution >= 4 is 5.84 Å². The van der Waals surface area contributed by atoms with Gasteiger partial charge in [0.1, 0.15) is 0 Å². The van der Waals surface area contributed by atoms with E-state index in [-0.39, 0.29) is 0 Å². The van der Waals surface area contributed by atoms with E-state index in [0.717, 1.165) is 25.9 Å². The number of unbranched alkanes of at least 4 members (excludes halogenated alkanes) is 5. The standard InChI is InChI=1S/C14H29N3/c1-2-3-4-5-6-7-10-17-11-8-13(9-12-17)14(15)16/h13H,2-12H2,1H3,(H3,15,16). The Morgan fingerprint density at radius 2 is 1.71 bits per heavy atom. The third kappa shape index (κ3) is 6.06. The van der Waals surface area contributed by atoms with E-state index in [1.807, 2.05) is 0 Å². The zero-order valence-corrected chi connectivity index (χ0v) is 11.4. The fourth-order valence-corrected chi connectivity index (χ4v) is 2.58. The molecule has 1 aliphatic heterocycles. The average Bonchev–Trinajstić information content (AvgIpc) is 2.34. The van der Waals surface area contributed by atoms with Gasteiger partial charge in [-0.05, 0) is 38.9 Å². The normalized spacial score (nSPS) is 18.4. The first kappa shape index (κ1) is 14.5. The third-order valence-corrected chi connectivity index (χ3v) is 3.86. The van der Waals surface area contributed by atoms with Crippen LogP contribution in [-0.4, -0.2) is 30.4 Å². The zero-order chi connectivity index (χ0) is 12.5. The quantitative estimate of drug-likeness (QED) is 0.389. The number of hydrogen-bond acceptors (Lipinski definition) is 2. The van der Waals surface area contributed by atoms with Gasteiger partial charge in [-0.15, -0.1) is 0 Å². The van der Waals surface area contributed by atoms with Gasteiger partial charge in [-0.25, -0.2) is 0 Å². The molecule has 0 unspecified atom stereocenters. The molecule has 0 bridgehead atoms. The van der Waals surface area contributed by atoms with E-state index >= 15 is 0 Å². The topological polar surface area (TPSA) is 53.1 Å². The van der Waals surface area contributed by atoms with E-state index in [1.165, 1.54) is 45.1 Å². The molecule has 1 heterocycles. The van der Waals surface area contributed by atoms with E-state index in [0.29, 0.717) is 11.8 Å². The molecule has 100 valence electrons. The predicted octanol–water partition coefficient (Wildman–Crippen LogP) is 2.99. The third-order valence-electron chi connectivity index (χ3n) is 3.86. The molecule has 0 aromatic carbocycles. The molecule has 1 rings (SSSR count). The van der Waals surface area contributed by atoms with Crippen molar-refractivity contribution in [3.8, 4) is 0 Å². The molecule has 3 N–H and O–H groups in total. The summed E-state index contributed by atoms with van der Waals surface area (Å²) >= 11 is 0. The molecule has 3 nitrogen and oxygen atoms in total. The highest BCUT2D eigenvalue weighted by Crippen LogP contribution is 2.17. The fraction of sp³-hybridized carbons (Fsp3) is 0.929. The van der Waals surface area contributed by atoms with Gasteiger partial charge in [0.15, 0.2) is 0 Å². The Kier molecular flexibility index (Phi) is 7.25. The molecule has 3 heteroatoms. The van der Waals surface area contributed by atoms with Crippen LogP contribution in [0.1, 0.15) is 58.3 Å². The van der Waals surface area contributed by atoms with Gasteiger partial charge in [-0.1, -0.05) is 39.0 Å². The molecule has 0 spiro atoms. The molecule has 1 saturated heterocycles. The van der Waals surface area contributed by atoms with Crippen LogP contribution in [0.25, 0.3) is 0 Å². The van der Waals surface area contributed by atoms with Crippen LogP contribution < -0.4 is 5.73 Å². The molecule has 0 aliphatic carbocycles. The van der Waals surface area contributed by atoms with Crippen LogP contribution in [0, 0.1) is 11.3 Å². The lowest BCUT2D eigenvalue weighted by molar-refractivity contribution is 0.204. The molecule has 17 heavy (non-hydrogen) atoms. The molecule has 0 radical (unpaired) electrons. The second-order valence-electron chi connectivity index (χ2n) is 5.34. The lowest BCUT2D eigenvalue weighted by Gasteiger charge is -2.31. The summed E-state index contributed by atoms with van der Waals surface area (Å²) in [6, 6.07) is 0. The minimum Gasteiger partial charge on any atom is -0.387 e. The van der Waals surface area contributed by atoms with E-state index in [2.05, 4.69) is 11.8 Å². The summed E-state index contributed by atoms with van der Waals surface area (Å²) < 4.78 is 0. The maximum Gasteiger partial charge on any atom is 0.0937 e. The lowest BCUT2D eigenvalue weighted by Crippen LogP contribution is -2.38. The van der Waals surface area contributed by atoms with Crippen LogP contribution in [0.5, 0.6) is 0 Å². The van der Waals surface area contributed by atoms with Crippen LogP contribution in [0.3, 0.4) is 0 Å². The van der Waals surface area contributed by atoms with Crippen molar-refractivity contribution in [1.82, 2.24) is 4.90 Å². The number of amidine groups is 1. The van der Waals surface area contributed by atoms with Gasteiger partial charge < -0.3 is 10.6 Å². The second kappa shape index (κ2) is 8.51. The van der Waals surface area contributed by atoms with Crippen LogP contribution in [0.15, 0.2) is 0 Å². The maximum absolute atomic E-state index is 7.45. The number of nitrogens with zero attached hydrogens (tertiary/aromatic N) is 1. The van der Waals surface area contributed by atoms with E-state index in [4.69, 9.17) is 11.1 Å². The van der Waals surface area contributed by atoms with Gasteiger partial charge >= 0.3 is 0 Å². The summed E-state index contributed by atoms with van der Waals surface area (Å²) in [7, 11) is 0. The lowest BCUT2D eigenvalue weighted by atomic mass is 9.95. The number of likely N-dealkylation sites (tertiary alicyclic amines) is 1. The Balaban J connectivity index is 1.97. The molecule has 0 aromatic rings. The highest BCUT2D eigenvalue weighted by Gasteiger charge is 2.20. The average molecular weight is 239 g/mol. The highest BCUT2D eigenvalue weighted by molar-refractivity contribution is 5.79. The van der Waals surface area contributed by atoms with E-state index < -0.39 is 0 Å². The fourth-order valence-electron chi connectivity index (χ4n) is 2.58. The van der Waals surface area contributed by atoms with Crippen molar-refractivity contribution in [2.45, 2.75) is 58.3 Å². The van der Waals surface area contributed by atoms with Crippen molar-refractivity contribution in [3.63, 3.8) is 0 Å². The highest BCUT2D eigenvalue weighted by atomic mass is 15.1. The van der Waals surface area contributed by atoms with Crippen molar-refractivity contribution < 1.29 is 0 Å². The first-order chi connectivity index (χ1) is 8.24. The molecule has 1 aliphatic rings. The number of nitrogens with two attached hydrogens (primary N) is 1. The minimum absolute atomic E-state index is 0.357. The first-order valence-electron chi connectivity index (χ1n) is 7.30. The maximum atomic E-state index is 7.45. The second-order valence-corrected chi connectivity index (χ2v) is 5.34. The zero-order valence-electron chi connectivity index (χ0n) is 11.4. The van der Waals surface area contributed by atoms with Crippen LogP contribution in [0.2, 0.25) is 0 Å². The summed E-state index contributed by atoms with van der Waals surface area (Å²) in [5.74, 6) is 0.750. The summed E-state index contributed by atoms with van der Waals surface area (Å²) in [4.78, 5) is 2.54. The molecular weight excluding hydrogens is 210 g/mol. The predicted molar refractivity (Wildman–Crippen MR) is 74.5 cm³/mol. The first-order valence-corrected chi connectivity index (χ1v) is 7.30. The van der Waals surface area contributed by atoms with Crippen molar-refractivity contribution in [3.05, 3.63) is 0 Å². The molecule has 0 atom stereocenters. The Morgan fingerprint density at radius 1 is 1.12 bits per heavy atom. The minimum atomic E-state index is 0.357. The van der Waals surface area contributed by atoms with Crippen LogP contribution >= 0.6 is 0 Å². The Morgan fingerprint density at radius 3 is 2.29 bits per heavy atom. The van der Waals surface area contributed by atoms with Crippen molar-refractivity contribution in [1.29, 1.82) is 5.41 Å². The Bertz CT molecular complexity index is 208. The summed E-state index contributed by atoms with van der Waals surface area (Å²) in [6.45, 7) is 5.79. The summed E-state index contributed by atoms with van der Waals surface area (Å²) in [5.41, 5.74) is 5.55. The van der Waals surface area contributed by atoms with Crippen molar-refractivity contribution in [2.24, 2.45) is 11.7 Å². The monoisotopic (exact) mass is 239 g/mol. The van der Waals surface area contributed by atoms with E-state index in [9.17, 15) is 0 Å². The molecule has 0 aromatic heterocycles. The summed E-state index contributed by atoms with van der Waals surface area (Å²) in [6.07, 6.45) is 10.4. The smallest absolute Gasteiger partial charge is 0.0937 e. The molecule has 1 fully saturated rings. The Hall–Kier alpha value is -0.570. The number of rotatable bonds is 8. The SMILES string of the molecule is CCCCCCCCN1CCC(C(=N)N)CC1. The number of nitrogens with one attached hydrogen (secondary N) is 1. The Labute approximate surface area is 106 Å². The van der Waals surface area contributed by atoms with Crippen LogP contribution in [-0.2, 0) is 0 Å². The number of hydrogen-bond donors (Lipinski definition) is 2. The molecule has 0 saturated carbocycles.